The van der Waals surface area contributed by atoms with Crippen molar-refractivity contribution in [2.45, 2.75) is 12.8 Å². The highest BCUT2D eigenvalue weighted by molar-refractivity contribution is 5.96. The Morgan fingerprint density at radius 1 is 1.37 bits per heavy atom. The van der Waals surface area contributed by atoms with E-state index in [9.17, 15) is 9.90 Å². The molecule has 0 atom stereocenters. The Bertz CT molecular complexity index is 434. The lowest BCUT2D eigenvalue weighted by Crippen LogP contribution is -2.46. The maximum Gasteiger partial charge on any atom is 0.232 e. The molecule has 1 amide bonds. The number of amides is 1. The summed E-state index contributed by atoms with van der Waals surface area (Å²) in [6.45, 7) is 1.38. The quantitative estimate of drug-likeness (QED) is 0.735. The number of benzene rings is 1. The van der Waals surface area contributed by atoms with Gasteiger partial charge in [-0.3, -0.25) is 4.79 Å². The summed E-state index contributed by atoms with van der Waals surface area (Å²) in [4.78, 5) is 12.3. The van der Waals surface area contributed by atoms with Gasteiger partial charge in [0.05, 0.1) is 11.1 Å². The highest BCUT2D eigenvalue weighted by Crippen LogP contribution is 2.32. The van der Waals surface area contributed by atoms with Gasteiger partial charge in [-0.1, -0.05) is 12.1 Å². The average Bonchev–Trinajstić information content (AvgIpc) is 2.42. The number of aromatic hydroxyl groups is 1. The van der Waals surface area contributed by atoms with E-state index >= 15 is 0 Å². The normalized spacial score (nSPS) is 17.3. The van der Waals surface area contributed by atoms with Crippen LogP contribution in [0.4, 0.5) is 5.69 Å². The van der Waals surface area contributed by atoms with Gasteiger partial charge in [0.1, 0.15) is 5.75 Å². The lowest BCUT2D eigenvalue weighted by Gasteiger charge is -2.34. The molecule has 0 saturated carbocycles. The highest BCUT2D eigenvalue weighted by atomic mass is 35.5. The number of nitrogens with one attached hydrogen (secondary N) is 1. The van der Waals surface area contributed by atoms with Crippen molar-refractivity contribution < 1.29 is 14.6 Å². The third-order valence-corrected chi connectivity index (χ3v) is 3.47. The monoisotopic (exact) mass is 286 g/mol. The second-order valence-corrected chi connectivity index (χ2v) is 4.57. The highest BCUT2D eigenvalue weighted by Gasteiger charge is 2.38. The smallest absolute Gasteiger partial charge is 0.232 e. The van der Waals surface area contributed by atoms with E-state index in [1.165, 1.54) is 6.07 Å². The molecular weight excluding hydrogens is 268 g/mol. The Labute approximate surface area is 118 Å². The van der Waals surface area contributed by atoms with Crippen molar-refractivity contribution in [1.82, 2.24) is 0 Å². The first-order chi connectivity index (χ1) is 8.68. The number of halogens is 1. The molecule has 0 radical (unpaired) electrons. The van der Waals surface area contributed by atoms with E-state index in [2.05, 4.69) is 5.32 Å². The van der Waals surface area contributed by atoms with Crippen molar-refractivity contribution in [1.29, 1.82) is 0 Å². The summed E-state index contributed by atoms with van der Waals surface area (Å²) in [7, 11) is 0. The number of nitrogens with two attached hydrogens (primary N) is 1. The number of hydrogen-bond acceptors (Lipinski definition) is 4. The summed E-state index contributed by atoms with van der Waals surface area (Å²) in [6.07, 6.45) is 1.23. The largest absolute Gasteiger partial charge is 0.506 e. The van der Waals surface area contributed by atoms with Crippen molar-refractivity contribution in [3.05, 3.63) is 24.3 Å². The molecule has 106 valence electrons. The second kappa shape index (κ2) is 6.75. The summed E-state index contributed by atoms with van der Waals surface area (Å²) in [5.41, 5.74) is 5.59. The molecule has 4 N–H and O–H groups in total. The summed E-state index contributed by atoms with van der Waals surface area (Å²) in [5, 5.41) is 12.4. The van der Waals surface area contributed by atoms with E-state index in [1.54, 1.807) is 18.2 Å². The lowest BCUT2D eigenvalue weighted by atomic mass is 9.79. The van der Waals surface area contributed by atoms with Crippen LogP contribution in [-0.4, -0.2) is 30.8 Å². The van der Waals surface area contributed by atoms with Gasteiger partial charge in [0.15, 0.2) is 0 Å². The molecule has 0 unspecified atom stereocenters. The number of hydrogen-bond donors (Lipinski definition) is 3. The zero-order valence-corrected chi connectivity index (χ0v) is 11.4. The number of phenolic OH excluding ortho intramolecular Hbond substituents is 1. The Morgan fingerprint density at radius 3 is 2.58 bits per heavy atom. The van der Waals surface area contributed by atoms with Crippen LogP contribution in [0.2, 0.25) is 0 Å². The van der Waals surface area contributed by atoms with E-state index in [0.29, 0.717) is 31.7 Å². The van der Waals surface area contributed by atoms with Crippen LogP contribution in [-0.2, 0) is 9.53 Å². The maximum atomic E-state index is 12.3. The number of para-hydroxylation sites is 2. The van der Waals surface area contributed by atoms with Gasteiger partial charge in [0.25, 0.3) is 0 Å². The number of carbonyl (C=O) groups excluding carboxylic acids is 1. The molecule has 1 saturated heterocycles. The van der Waals surface area contributed by atoms with E-state index in [4.69, 9.17) is 10.5 Å². The molecule has 0 aliphatic carbocycles. The van der Waals surface area contributed by atoms with Crippen LogP contribution < -0.4 is 11.1 Å². The van der Waals surface area contributed by atoms with Crippen molar-refractivity contribution in [3.63, 3.8) is 0 Å². The minimum Gasteiger partial charge on any atom is -0.506 e. The summed E-state index contributed by atoms with van der Waals surface area (Å²) in [6, 6.07) is 6.66. The molecule has 0 aromatic heterocycles. The topological polar surface area (TPSA) is 84.6 Å². The number of rotatable bonds is 3. The molecule has 1 heterocycles. The molecule has 0 spiro atoms. The molecule has 5 nitrogen and oxygen atoms in total. The molecule has 0 bridgehead atoms. The van der Waals surface area contributed by atoms with Gasteiger partial charge >= 0.3 is 0 Å². The Hall–Kier alpha value is -1.30. The molecule has 1 aromatic rings. The van der Waals surface area contributed by atoms with Crippen molar-refractivity contribution in [3.8, 4) is 5.75 Å². The molecule has 6 heteroatoms. The van der Waals surface area contributed by atoms with E-state index < -0.39 is 5.41 Å². The van der Waals surface area contributed by atoms with Crippen molar-refractivity contribution >= 4 is 24.0 Å². The van der Waals surface area contributed by atoms with Crippen LogP contribution in [0.3, 0.4) is 0 Å². The van der Waals surface area contributed by atoms with Gasteiger partial charge in [-0.05, 0) is 25.0 Å². The average molecular weight is 287 g/mol. The van der Waals surface area contributed by atoms with Gasteiger partial charge in [-0.2, -0.15) is 0 Å². The second-order valence-electron chi connectivity index (χ2n) is 4.57. The van der Waals surface area contributed by atoms with Gasteiger partial charge in [-0.15, -0.1) is 12.4 Å². The fourth-order valence-electron chi connectivity index (χ4n) is 2.12. The van der Waals surface area contributed by atoms with Crippen LogP contribution in [0.15, 0.2) is 24.3 Å². The van der Waals surface area contributed by atoms with Crippen LogP contribution in [0.5, 0.6) is 5.75 Å². The zero-order chi connectivity index (χ0) is 13.0. The maximum absolute atomic E-state index is 12.3. The first-order valence-electron chi connectivity index (χ1n) is 6.05. The first-order valence-corrected chi connectivity index (χ1v) is 6.05. The van der Waals surface area contributed by atoms with Crippen LogP contribution >= 0.6 is 12.4 Å². The van der Waals surface area contributed by atoms with Crippen LogP contribution in [0, 0.1) is 5.41 Å². The van der Waals surface area contributed by atoms with Gasteiger partial charge in [0.2, 0.25) is 5.91 Å². The third-order valence-electron chi connectivity index (χ3n) is 3.47. The van der Waals surface area contributed by atoms with Gasteiger partial charge in [-0.25, -0.2) is 0 Å². The first kappa shape index (κ1) is 15.8. The SMILES string of the molecule is Cl.NCC1(C(=O)Nc2ccccc2O)CCOCC1. The summed E-state index contributed by atoms with van der Waals surface area (Å²) < 4.78 is 5.27. The molecule has 1 fully saturated rings. The molecule has 19 heavy (non-hydrogen) atoms. The molecule has 1 aromatic carbocycles. The molecular formula is C13H19ClN2O3. The van der Waals surface area contributed by atoms with E-state index in [-0.39, 0.29) is 30.6 Å². The number of phenols is 1. The van der Waals surface area contributed by atoms with Crippen molar-refractivity contribution in [2.75, 3.05) is 25.1 Å². The Balaban J connectivity index is 0.00000180. The van der Waals surface area contributed by atoms with Crippen molar-refractivity contribution in [2.24, 2.45) is 11.1 Å². The number of ether oxygens (including phenoxy) is 1. The summed E-state index contributed by atoms with van der Waals surface area (Å²) in [5.74, 6) is -0.0834. The van der Waals surface area contributed by atoms with Crippen LogP contribution in [0.1, 0.15) is 12.8 Å². The number of anilines is 1. The van der Waals surface area contributed by atoms with Gasteiger partial charge in [0, 0.05) is 19.8 Å². The summed E-state index contributed by atoms with van der Waals surface area (Å²) >= 11 is 0. The third kappa shape index (κ3) is 3.37. The minimum absolute atomic E-state index is 0. The standard InChI is InChI=1S/C13H18N2O3.ClH/c14-9-13(5-7-18-8-6-13)12(17)15-10-3-1-2-4-11(10)16;/h1-4,16H,5-9,14H2,(H,15,17);1H. The van der Waals surface area contributed by atoms with Crippen LogP contribution in [0.25, 0.3) is 0 Å². The fraction of sp³-hybridized carbons (Fsp3) is 0.462. The zero-order valence-electron chi connectivity index (χ0n) is 10.6. The molecule has 1 aliphatic heterocycles. The Morgan fingerprint density at radius 2 is 2.00 bits per heavy atom. The van der Waals surface area contributed by atoms with E-state index in [1.807, 2.05) is 0 Å². The fourth-order valence-corrected chi connectivity index (χ4v) is 2.12. The van der Waals surface area contributed by atoms with Gasteiger partial charge < -0.3 is 20.9 Å². The number of carbonyl (C=O) groups is 1. The lowest BCUT2D eigenvalue weighted by molar-refractivity contribution is -0.130. The minimum atomic E-state index is -0.583. The molecule has 1 aliphatic rings. The Kier molecular flexibility index (Phi) is 5.60. The molecule has 2 rings (SSSR count). The van der Waals surface area contributed by atoms with E-state index in [0.717, 1.165) is 0 Å². The predicted octanol–water partition coefficient (Wildman–Crippen LogP) is 1.51. The predicted molar refractivity (Wildman–Crippen MR) is 75.5 cm³/mol.